The highest BCUT2D eigenvalue weighted by atomic mass is 16.2. The number of rotatable bonds is 3. The lowest BCUT2D eigenvalue weighted by molar-refractivity contribution is 0.0655. The average molecular weight is 415 g/mol. The van der Waals surface area contributed by atoms with Crippen molar-refractivity contribution in [3.05, 3.63) is 59.5 Å². The number of aromatic nitrogens is 4. The van der Waals surface area contributed by atoms with Crippen molar-refractivity contribution in [2.45, 2.75) is 20.3 Å². The van der Waals surface area contributed by atoms with Gasteiger partial charge in [-0.1, -0.05) is 49.4 Å². The van der Waals surface area contributed by atoms with Crippen LogP contribution in [0.25, 0.3) is 27.5 Å². The Kier molecular flexibility index (Phi) is 4.90. The summed E-state index contributed by atoms with van der Waals surface area (Å²) in [6, 6.07) is 14.6. The number of nitrogens with zero attached hydrogens (tertiary/aromatic N) is 6. The molecule has 0 bridgehead atoms. The normalized spacial score (nSPS) is 15.1. The van der Waals surface area contributed by atoms with Crippen molar-refractivity contribution < 1.29 is 4.79 Å². The Morgan fingerprint density at radius 1 is 1.00 bits per heavy atom. The number of aryl methyl sites for hydroxylation is 2. The molecule has 7 nitrogen and oxygen atoms in total. The van der Waals surface area contributed by atoms with Crippen molar-refractivity contribution in [2.24, 2.45) is 0 Å². The zero-order chi connectivity index (χ0) is 21.5. The number of benzene rings is 2. The van der Waals surface area contributed by atoms with Gasteiger partial charge in [-0.2, -0.15) is 5.10 Å². The van der Waals surface area contributed by atoms with Crippen LogP contribution in [0.15, 0.2) is 42.5 Å². The number of likely N-dealkylation sites (N-methyl/N-ethyl adjacent to an activating group) is 1. The summed E-state index contributed by atoms with van der Waals surface area (Å²) in [7, 11) is 2.07. The van der Waals surface area contributed by atoms with E-state index in [9.17, 15) is 4.79 Å². The Morgan fingerprint density at radius 2 is 1.74 bits per heavy atom. The molecule has 1 aliphatic heterocycles. The van der Waals surface area contributed by atoms with Gasteiger partial charge in [0.2, 0.25) is 0 Å². The van der Waals surface area contributed by atoms with Gasteiger partial charge in [0.1, 0.15) is 0 Å². The molecule has 1 amide bonds. The van der Waals surface area contributed by atoms with E-state index in [4.69, 9.17) is 5.10 Å². The van der Waals surface area contributed by atoms with Crippen LogP contribution in [0.5, 0.6) is 0 Å². The highest BCUT2D eigenvalue weighted by Gasteiger charge is 2.26. The third-order valence-electron chi connectivity index (χ3n) is 6.23. The number of piperazine rings is 1. The van der Waals surface area contributed by atoms with Crippen LogP contribution in [0.3, 0.4) is 0 Å². The van der Waals surface area contributed by atoms with E-state index in [0.717, 1.165) is 47.4 Å². The van der Waals surface area contributed by atoms with Gasteiger partial charge in [0.05, 0.1) is 17.0 Å². The quantitative estimate of drug-likeness (QED) is 0.515. The number of hydrogen-bond donors (Lipinski definition) is 0. The van der Waals surface area contributed by atoms with Crippen LogP contribution in [-0.2, 0) is 6.42 Å². The molecule has 158 valence electrons. The summed E-state index contributed by atoms with van der Waals surface area (Å²) < 4.78 is 1.80. The standard InChI is InChI=1S/C24H26N6O/c1-4-20-21(19-11-7-9-17-8-5-6-10-18(17)19)23-26-25-22(16(2)30(23)27-20)24(31)29-14-12-28(3)13-15-29/h5-11H,4,12-15H2,1-3H3. The Balaban J connectivity index is 1.65. The third-order valence-corrected chi connectivity index (χ3v) is 6.23. The minimum Gasteiger partial charge on any atom is -0.335 e. The first-order valence-corrected chi connectivity index (χ1v) is 10.8. The van der Waals surface area contributed by atoms with E-state index in [0.29, 0.717) is 24.4 Å². The molecule has 0 spiro atoms. The van der Waals surface area contributed by atoms with Crippen molar-refractivity contribution in [1.29, 1.82) is 0 Å². The third kappa shape index (κ3) is 3.25. The number of carbonyl (C=O) groups is 1. The predicted molar refractivity (Wildman–Crippen MR) is 121 cm³/mol. The van der Waals surface area contributed by atoms with Gasteiger partial charge in [0.15, 0.2) is 11.3 Å². The van der Waals surface area contributed by atoms with Crippen LogP contribution < -0.4 is 0 Å². The van der Waals surface area contributed by atoms with Crippen molar-refractivity contribution in [2.75, 3.05) is 33.2 Å². The number of fused-ring (bicyclic) bond motifs is 2. The van der Waals surface area contributed by atoms with Gasteiger partial charge in [-0.25, -0.2) is 4.52 Å². The summed E-state index contributed by atoms with van der Waals surface area (Å²) in [5.74, 6) is -0.0692. The largest absolute Gasteiger partial charge is 0.335 e. The van der Waals surface area contributed by atoms with E-state index in [1.54, 1.807) is 4.52 Å². The molecule has 7 heteroatoms. The molecule has 31 heavy (non-hydrogen) atoms. The Labute approximate surface area is 181 Å². The molecule has 1 saturated heterocycles. The second kappa shape index (κ2) is 7.74. The fourth-order valence-corrected chi connectivity index (χ4v) is 4.37. The first-order chi connectivity index (χ1) is 15.1. The van der Waals surface area contributed by atoms with Gasteiger partial charge in [-0.3, -0.25) is 4.79 Å². The van der Waals surface area contributed by atoms with Gasteiger partial charge in [-0.15, -0.1) is 10.2 Å². The van der Waals surface area contributed by atoms with Crippen molar-refractivity contribution in [1.82, 2.24) is 29.6 Å². The van der Waals surface area contributed by atoms with Gasteiger partial charge in [0.25, 0.3) is 5.91 Å². The maximum Gasteiger partial charge on any atom is 0.276 e. The number of hydrogen-bond acceptors (Lipinski definition) is 5. The lowest BCUT2D eigenvalue weighted by atomic mass is 9.97. The maximum atomic E-state index is 13.1. The fraction of sp³-hybridized carbons (Fsp3) is 0.333. The molecule has 0 unspecified atom stereocenters. The summed E-state index contributed by atoms with van der Waals surface area (Å²) in [4.78, 5) is 17.2. The molecule has 0 saturated carbocycles. The van der Waals surface area contributed by atoms with Crippen LogP contribution in [0.2, 0.25) is 0 Å². The second-order valence-corrected chi connectivity index (χ2v) is 8.17. The molecule has 2 aromatic carbocycles. The van der Waals surface area contributed by atoms with E-state index in [-0.39, 0.29) is 5.91 Å². The Morgan fingerprint density at radius 3 is 2.52 bits per heavy atom. The van der Waals surface area contributed by atoms with Crippen LogP contribution in [0.1, 0.15) is 28.8 Å². The highest BCUT2D eigenvalue weighted by molar-refractivity contribution is 6.00. The topological polar surface area (TPSA) is 66.6 Å². The molecule has 0 atom stereocenters. The molecule has 2 aromatic heterocycles. The van der Waals surface area contributed by atoms with E-state index in [1.807, 2.05) is 24.0 Å². The summed E-state index contributed by atoms with van der Waals surface area (Å²) >= 11 is 0. The van der Waals surface area contributed by atoms with Gasteiger partial charge >= 0.3 is 0 Å². The maximum absolute atomic E-state index is 13.1. The first-order valence-electron chi connectivity index (χ1n) is 10.8. The van der Waals surface area contributed by atoms with Gasteiger partial charge in [-0.05, 0) is 36.7 Å². The average Bonchev–Trinajstić information content (AvgIpc) is 3.18. The molecule has 4 aromatic rings. The number of carbonyl (C=O) groups excluding carboxylic acids is 1. The smallest absolute Gasteiger partial charge is 0.276 e. The molecule has 3 heterocycles. The molecular weight excluding hydrogens is 388 g/mol. The minimum atomic E-state index is -0.0692. The molecule has 0 aliphatic carbocycles. The summed E-state index contributed by atoms with van der Waals surface area (Å²) in [5.41, 5.74) is 4.85. The molecule has 1 aliphatic rings. The highest BCUT2D eigenvalue weighted by Crippen LogP contribution is 2.34. The van der Waals surface area contributed by atoms with E-state index in [1.165, 1.54) is 5.39 Å². The Bertz CT molecular complexity index is 1280. The first kappa shape index (κ1) is 19.6. The van der Waals surface area contributed by atoms with Crippen LogP contribution in [0, 0.1) is 6.92 Å². The SMILES string of the molecule is CCc1nn2c(C)c(C(=O)N3CCN(C)CC3)nnc2c1-c1cccc2ccccc12. The van der Waals surface area contributed by atoms with Gasteiger partial charge in [0, 0.05) is 26.2 Å². The molecule has 0 N–H and O–H groups in total. The van der Waals surface area contributed by atoms with Crippen LogP contribution >= 0.6 is 0 Å². The lowest BCUT2D eigenvalue weighted by Crippen LogP contribution is -2.47. The molecular formula is C24H26N6O. The van der Waals surface area contributed by atoms with Crippen molar-refractivity contribution >= 4 is 22.3 Å². The number of amides is 1. The zero-order valence-electron chi connectivity index (χ0n) is 18.2. The van der Waals surface area contributed by atoms with Crippen molar-refractivity contribution in [3.8, 4) is 11.1 Å². The summed E-state index contributed by atoms with van der Waals surface area (Å²) in [6.07, 6.45) is 0.767. The van der Waals surface area contributed by atoms with Crippen LogP contribution in [0.4, 0.5) is 0 Å². The molecule has 0 radical (unpaired) electrons. The monoisotopic (exact) mass is 414 g/mol. The van der Waals surface area contributed by atoms with Crippen molar-refractivity contribution in [3.63, 3.8) is 0 Å². The predicted octanol–water partition coefficient (Wildman–Crippen LogP) is 3.20. The van der Waals surface area contributed by atoms with E-state index < -0.39 is 0 Å². The van der Waals surface area contributed by atoms with Crippen LogP contribution in [-0.4, -0.2) is 68.7 Å². The summed E-state index contributed by atoms with van der Waals surface area (Å²) in [5, 5.41) is 16.1. The minimum absolute atomic E-state index is 0.0692. The molecule has 5 rings (SSSR count). The zero-order valence-corrected chi connectivity index (χ0v) is 18.2. The fourth-order valence-electron chi connectivity index (χ4n) is 4.37. The lowest BCUT2D eigenvalue weighted by Gasteiger charge is -2.32. The second-order valence-electron chi connectivity index (χ2n) is 8.17. The summed E-state index contributed by atoms with van der Waals surface area (Å²) in [6.45, 7) is 7.14. The van der Waals surface area contributed by atoms with E-state index >= 15 is 0 Å². The Hall–Kier alpha value is -3.32. The van der Waals surface area contributed by atoms with Gasteiger partial charge < -0.3 is 9.80 Å². The van der Waals surface area contributed by atoms with E-state index in [2.05, 4.69) is 59.4 Å². The molecule has 1 fully saturated rings.